The largest absolute Gasteiger partial charge is 0.488 e. The molecule has 3 rings (SSSR count). The standard InChI is InChI=1S/C19H21ClF3N3O3/c1-18(2,3)29-17(27)26-8-6-11(7-9-26)28-14-5-4-13(19(21,22)23)12-10-24-16(20)25-15(12)14/h4-5,10-11H,6-9H2,1-3H3. The zero-order valence-corrected chi connectivity index (χ0v) is 17.0. The summed E-state index contributed by atoms with van der Waals surface area (Å²) >= 11 is 5.79. The molecule has 0 bridgehead atoms. The van der Waals surface area contributed by atoms with E-state index in [1.807, 2.05) is 0 Å². The van der Waals surface area contributed by atoms with Crippen molar-refractivity contribution in [3.8, 4) is 5.75 Å². The van der Waals surface area contributed by atoms with Crippen LogP contribution in [0.4, 0.5) is 18.0 Å². The Kier molecular flexibility index (Phi) is 5.80. The molecule has 2 aromatic rings. The molecule has 29 heavy (non-hydrogen) atoms. The van der Waals surface area contributed by atoms with Crippen LogP contribution in [0.1, 0.15) is 39.2 Å². The minimum absolute atomic E-state index is 0.00870. The molecule has 0 N–H and O–H groups in total. The third-order valence-corrected chi connectivity index (χ3v) is 4.56. The molecule has 10 heteroatoms. The molecular formula is C19H21ClF3N3O3. The van der Waals surface area contributed by atoms with E-state index in [2.05, 4.69) is 9.97 Å². The number of hydrogen-bond acceptors (Lipinski definition) is 5. The van der Waals surface area contributed by atoms with E-state index >= 15 is 0 Å². The third kappa shape index (κ3) is 5.20. The van der Waals surface area contributed by atoms with Gasteiger partial charge in [-0.15, -0.1) is 0 Å². The first-order valence-electron chi connectivity index (χ1n) is 9.11. The van der Waals surface area contributed by atoms with Crippen molar-refractivity contribution in [2.24, 2.45) is 0 Å². The number of hydrogen-bond donors (Lipinski definition) is 0. The number of amides is 1. The molecule has 6 nitrogen and oxygen atoms in total. The van der Waals surface area contributed by atoms with Gasteiger partial charge in [0.25, 0.3) is 0 Å². The highest BCUT2D eigenvalue weighted by atomic mass is 35.5. The first-order chi connectivity index (χ1) is 13.4. The molecule has 0 atom stereocenters. The van der Waals surface area contributed by atoms with Crippen molar-refractivity contribution < 1.29 is 27.4 Å². The van der Waals surface area contributed by atoms with Gasteiger partial charge >= 0.3 is 12.3 Å². The number of ether oxygens (including phenoxy) is 2. The van der Waals surface area contributed by atoms with Crippen molar-refractivity contribution in [1.82, 2.24) is 14.9 Å². The van der Waals surface area contributed by atoms with E-state index in [0.717, 1.165) is 12.3 Å². The average Bonchev–Trinajstić information content (AvgIpc) is 2.60. The highest BCUT2D eigenvalue weighted by Gasteiger charge is 2.34. The maximum absolute atomic E-state index is 13.3. The Labute approximate surface area is 171 Å². The molecule has 1 aliphatic rings. The zero-order chi connectivity index (χ0) is 21.4. The summed E-state index contributed by atoms with van der Waals surface area (Å²) in [6.45, 7) is 6.23. The number of halogens is 4. The fraction of sp³-hybridized carbons (Fsp3) is 0.526. The van der Waals surface area contributed by atoms with Crippen molar-refractivity contribution in [2.45, 2.75) is 51.5 Å². The van der Waals surface area contributed by atoms with Crippen LogP contribution in [0.3, 0.4) is 0 Å². The van der Waals surface area contributed by atoms with Crippen LogP contribution in [0.2, 0.25) is 5.28 Å². The fourth-order valence-electron chi connectivity index (χ4n) is 3.08. The van der Waals surface area contributed by atoms with Crippen LogP contribution in [0.15, 0.2) is 18.3 Å². The summed E-state index contributed by atoms with van der Waals surface area (Å²) in [5.41, 5.74) is -1.42. The SMILES string of the molecule is CC(C)(C)OC(=O)N1CCC(Oc2ccc(C(F)(F)F)c3cnc(Cl)nc23)CC1. The summed E-state index contributed by atoms with van der Waals surface area (Å²) < 4.78 is 51.1. The Balaban J connectivity index is 1.75. The molecule has 1 saturated heterocycles. The quantitative estimate of drug-likeness (QED) is 0.620. The predicted molar refractivity (Wildman–Crippen MR) is 101 cm³/mol. The molecule has 0 spiro atoms. The van der Waals surface area contributed by atoms with Crippen molar-refractivity contribution >= 4 is 28.6 Å². The van der Waals surface area contributed by atoms with Gasteiger partial charge in [-0.05, 0) is 44.5 Å². The van der Waals surface area contributed by atoms with Crippen molar-refractivity contribution in [2.75, 3.05) is 13.1 Å². The number of benzene rings is 1. The Morgan fingerprint density at radius 3 is 2.45 bits per heavy atom. The van der Waals surface area contributed by atoms with E-state index in [-0.39, 0.29) is 28.0 Å². The molecule has 1 aromatic carbocycles. The lowest BCUT2D eigenvalue weighted by molar-refractivity contribution is -0.136. The molecular weight excluding hydrogens is 411 g/mol. The van der Waals surface area contributed by atoms with E-state index in [1.54, 1.807) is 25.7 Å². The van der Waals surface area contributed by atoms with Gasteiger partial charge in [0.15, 0.2) is 0 Å². The van der Waals surface area contributed by atoms with Gasteiger partial charge in [-0.3, -0.25) is 0 Å². The van der Waals surface area contributed by atoms with Gasteiger partial charge in [0.1, 0.15) is 23.0 Å². The van der Waals surface area contributed by atoms with Gasteiger partial charge in [-0.2, -0.15) is 13.2 Å². The number of fused-ring (bicyclic) bond motifs is 1. The molecule has 1 aromatic heterocycles. The Hall–Kier alpha value is -2.29. The number of aromatic nitrogens is 2. The van der Waals surface area contributed by atoms with Gasteiger partial charge in [-0.25, -0.2) is 14.8 Å². The summed E-state index contributed by atoms with van der Waals surface area (Å²) in [7, 11) is 0. The average molecular weight is 432 g/mol. The normalized spacial score (nSPS) is 16.2. The van der Waals surface area contributed by atoms with Crippen LogP contribution >= 0.6 is 11.6 Å². The fourth-order valence-corrected chi connectivity index (χ4v) is 3.21. The first-order valence-corrected chi connectivity index (χ1v) is 9.49. The van der Waals surface area contributed by atoms with E-state index in [9.17, 15) is 18.0 Å². The molecule has 0 aliphatic carbocycles. The maximum atomic E-state index is 13.3. The number of carbonyl (C=O) groups is 1. The third-order valence-electron chi connectivity index (χ3n) is 4.38. The molecule has 0 unspecified atom stereocenters. The lowest BCUT2D eigenvalue weighted by atomic mass is 10.1. The predicted octanol–water partition coefficient (Wildman–Crippen LogP) is 5.08. The monoisotopic (exact) mass is 431 g/mol. The Morgan fingerprint density at radius 2 is 1.86 bits per heavy atom. The number of nitrogens with zero attached hydrogens (tertiary/aromatic N) is 3. The minimum atomic E-state index is -4.55. The van der Waals surface area contributed by atoms with Crippen LogP contribution in [0, 0.1) is 0 Å². The summed E-state index contributed by atoms with van der Waals surface area (Å²) in [5.74, 6) is 0.202. The summed E-state index contributed by atoms with van der Waals surface area (Å²) in [6, 6.07) is 2.19. The Bertz CT molecular complexity index is 907. The second-order valence-corrected chi connectivity index (χ2v) is 8.13. The summed E-state index contributed by atoms with van der Waals surface area (Å²) in [6.07, 6.45) is -3.14. The number of piperidine rings is 1. The van der Waals surface area contributed by atoms with Gasteiger partial charge in [0.2, 0.25) is 5.28 Å². The van der Waals surface area contributed by atoms with Crippen molar-refractivity contribution in [3.63, 3.8) is 0 Å². The zero-order valence-electron chi connectivity index (χ0n) is 16.2. The molecule has 1 aliphatic heterocycles. The van der Waals surface area contributed by atoms with Gasteiger partial charge in [0, 0.05) is 37.5 Å². The van der Waals surface area contributed by atoms with Gasteiger partial charge in [-0.1, -0.05) is 0 Å². The highest BCUT2D eigenvalue weighted by Crippen LogP contribution is 2.38. The van der Waals surface area contributed by atoms with E-state index in [0.29, 0.717) is 25.9 Å². The van der Waals surface area contributed by atoms with Crippen LogP contribution in [0.25, 0.3) is 10.9 Å². The van der Waals surface area contributed by atoms with Crippen LogP contribution in [-0.4, -0.2) is 45.8 Å². The maximum Gasteiger partial charge on any atom is 0.417 e. The molecule has 1 fully saturated rings. The highest BCUT2D eigenvalue weighted by molar-refractivity contribution is 6.28. The number of rotatable bonds is 2. The molecule has 1 amide bonds. The smallest absolute Gasteiger partial charge is 0.417 e. The second-order valence-electron chi connectivity index (χ2n) is 7.79. The molecule has 158 valence electrons. The molecule has 0 radical (unpaired) electrons. The minimum Gasteiger partial charge on any atom is -0.488 e. The number of alkyl halides is 3. The van der Waals surface area contributed by atoms with Crippen LogP contribution in [-0.2, 0) is 10.9 Å². The van der Waals surface area contributed by atoms with E-state index in [1.165, 1.54) is 6.07 Å². The van der Waals surface area contributed by atoms with E-state index < -0.39 is 23.4 Å². The van der Waals surface area contributed by atoms with Crippen molar-refractivity contribution in [1.29, 1.82) is 0 Å². The lowest BCUT2D eigenvalue weighted by Gasteiger charge is -2.33. The first kappa shape index (κ1) is 21.4. The van der Waals surface area contributed by atoms with Crippen LogP contribution < -0.4 is 4.74 Å². The molecule has 0 saturated carbocycles. The van der Waals surface area contributed by atoms with Crippen LogP contribution in [0.5, 0.6) is 5.75 Å². The summed E-state index contributed by atoms with van der Waals surface area (Å²) in [5, 5.41) is -0.341. The lowest BCUT2D eigenvalue weighted by Crippen LogP contribution is -2.44. The topological polar surface area (TPSA) is 64.5 Å². The summed E-state index contributed by atoms with van der Waals surface area (Å²) in [4.78, 5) is 21.4. The van der Waals surface area contributed by atoms with E-state index in [4.69, 9.17) is 21.1 Å². The van der Waals surface area contributed by atoms with Gasteiger partial charge in [0.05, 0.1) is 5.56 Å². The molecule has 2 heterocycles. The number of carbonyl (C=O) groups excluding carboxylic acids is 1. The number of likely N-dealkylation sites (tertiary alicyclic amines) is 1. The Morgan fingerprint density at radius 1 is 1.21 bits per heavy atom. The van der Waals surface area contributed by atoms with Gasteiger partial charge < -0.3 is 14.4 Å². The second kappa shape index (κ2) is 7.85. The van der Waals surface area contributed by atoms with Crippen molar-refractivity contribution in [3.05, 3.63) is 29.2 Å².